The molecule has 1 aromatic carbocycles. The predicted molar refractivity (Wildman–Crippen MR) is 119 cm³/mol. The lowest BCUT2D eigenvalue weighted by Gasteiger charge is -2.40. The molecule has 2 aliphatic rings. The topological polar surface area (TPSA) is 0 Å². The van der Waals surface area contributed by atoms with E-state index in [-0.39, 0.29) is 0 Å². The lowest BCUT2D eigenvalue weighted by atomic mass is 9.65. The van der Waals surface area contributed by atoms with Gasteiger partial charge in [-0.25, -0.2) is 8.78 Å². The molecule has 2 aliphatic carbocycles. The van der Waals surface area contributed by atoms with Crippen LogP contribution in [0, 0.1) is 41.2 Å². The van der Waals surface area contributed by atoms with Crippen molar-refractivity contribution in [3.8, 4) is 0 Å². The highest BCUT2D eigenvalue weighted by Gasteiger charge is 2.33. The fraction of sp³-hybridized carbons (Fsp3) is 0.778. The molecule has 2 saturated carbocycles. The molecule has 0 amide bonds. The first kappa shape index (κ1) is 22.8. The maximum atomic E-state index is 13.6. The first-order chi connectivity index (χ1) is 14.0. The molecule has 2 heteroatoms. The third-order valence-corrected chi connectivity index (χ3v) is 8.59. The second kappa shape index (κ2) is 10.9. The maximum absolute atomic E-state index is 13.6. The van der Waals surface area contributed by atoms with Gasteiger partial charge in [-0.3, -0.25) is 0 Å². The van der Waals surface area contributed by atoms with Crippen molar-refractivity contribution in [3.63, 3.8) is 0 Å². The Morgan fingerprint density at radius 1 is 0.793 bits per heavy atom. The highest BCUT2D eigenvalue weighted by Crippen LogP contribution is 2.45. The minimum Gasteiger partial charge on any atom is -0.204 e. The molecule has 2 atom stereocenters. The quantitative estimate of drug-likeness (QED) is 0.379. The van der Waals surface area contributed by atoms with Gasteiger partial charge in [0.2, 0.25) is 0 Å². The largest absolute Gasteiger partial charge is 0.204 e. The normalized spacial score (nSPS) is 30.1. The van der Waals surface area contributed by atoms with E-state index in [1.165, 1.54) is 89.2 Å². The van der Waals surface area contributed by atoms with Crippen LogP contribution in [-0.2, 0) is 0 Å². The van der Waals surface area contributed by atoms with E-state index in [4.69, 9.17) is 0 Å². The van der Waals surface area contributed by atoms with Gasteiger partial charge in [0.1, 0.15) is 0 Å². The van der Waals surface area contributed by atoms with Gasteiger partial charge in [-0.1, -0.05) is 65.4 Å². The SMILES string of the molecule is CCCCCC1CCC(C(C)C2CCC(C(C)c3ccc(F)c(F)c3)CC2)CC1. The Hall–Kier alpha value is -0.920. The number of hydrogen-bond acceptors (Lipinski definition) is 0. The van der Waals surface area contributed by atoms with Crippen molar-refractivity contribution < 1.29 is 8.78 Å². The molecule has 0 heterocycles. The van der Waals surface area contributed by atoms with Crippen molar-refractivity contribution in [1.82, 2.24) is 0 Å². The Bertz CT molecular complexity index is 609. The lowest BCUT2D eigenvalue weighted by Crippen LogP contribution is -2.29. The number of benzene rings is 1. The third-order valence-electron chi connectivity index (χ3n) is 8.59. The Labute approximate surface area is 177 Å². The Kier molecular flexibility index (Phi) is 8.57. The molecule has 0 saturated heterocycles. The minimum absolute atomic E-state index is 0.319. The molecule has 0 spiro atoms. The zero-order valence-electron chi connectivity index (χ0n) is 18.9. The van der Waals surface area contributed by atoms with Gasteiger partial charge >= 0.3 is 0 Å². The second-order valence-corrected chi connectivity index (χ2v) is 10.3. The third kappa shape index (κ3) is 6.05. The molecule has 0 aliphatic heterocycles. The van der Waals surface area contributed by atoms with Gasteiger partial charge in [0.05, 0.1) is 0 Å². The summed E-state index contributed by atoms with van der Waals surface area (Å²) in [5.74, 6) is 3.13. The number of halogens is 2. The van der Waals surface area contributed by atoms with Crippen LogP contribution in [-0.4, -0.2) is 0 Å². The monoisotopic (exact) mass is 404 g/mol. The highest BCUT2D eigenvalue weighted by molar-refractivity contribution is 5.22. The molecule has 0 N–H and O–H groups in total. The van der Waals surface area contributed by atoms with E-state index in [0.29, 0.717) is 11.8 Å². The van der Waals surface area contributed by atoms with Crippen LogP contribution >= 0.6 is 0 Å². The molecule has 2 fully saturated rings. The highest BCUT2D eigenvalue weighted by atomic mass is 19.2. The van der Waals surface area contributed by atoms with Gasteiger partial charge in [-0.2, -0.15) is 0 Å². The summed E-state index contributed by atoms with van der Waals surface area (Å²) in [6, 6.07) is 4.47. The van der Waals surface area contributed by atoms with Crippen LogP contribution in [0.15, 0.2) is 18.2 Å². The molecular formula is C27H42F2. The van der Waals surface area contributed by atoms with Gasteiger partial charge < -0.3 is 0 Å². The van der Waals surface area contributed by atoms with Gasteiger partial charge in [-0.05, 0) is 91.7 Å². The summed E-state index contributed by atoms with van der Waals surface area (Å²) in [6.45, 7) is 7.01. The molecular weight excluding hydrogens is 362 g/mol. The fourth-order valence-corrected chi connectivity index (χ4v) is 6.31. The zero-order valence-corrected chi connectivity index (χ0v) is 18.9. The van der Waals surface area contributed by atoms with Crippen LogP contribution in [0.1, 0.15) is 109 Å². The van der Waals surface area contributed by atoms with Gasteiger partial charge in [0, 0.05) is 0 Å². The van der Waals surface area contributed by atoms with Crippen LogP contribution in [0.5, 0.6) is 0 Å². The van der Waals surface area contributed by atoms with Crippen molar-refractivity contribution >= 4 is 0 Å². The molecule has 0 nitrogen and oxygen atoms in total. The first-order valence-corrected chi connectivity index (χ1v) is 12.4. The summed E-state index contributed by atoms with van der Waals surface area (Å²) in [7, 11) is 0. The Morgan fingerprint density at radius 3 is 1.97 bits per heavy atom. The fourth-order valence-electron chi connectivity index (χ4n) is 6.31. The molecule has 0 bridgehead atoms. The number of unbranched alkanes of at least 4 members (excludes halogenated alkanes) is 2. The smallest absolute Gasteiger partial charge is 0.159 e. The van der Waals surface area contributed by atoms with E-state index in [1.54, 1.807) is 6.07 Å². The Morgan fingerprint density at radius 2 is 1.38 bits per heavy atom. The van der Waals surface area contributed by atoms with E-state index < -0.39 is 11.6 Å². The molecule has 2 unspecified atom stereocenters. The van der Waals surface area contributed by atoms with E-state index in [2.05, 4.69) is 20.8 Å². The van der Waals surface area contributed by atoms with Gasteiger partial charge in [-0.15, -0.1) is 0 Å². The summed E-state index contributed by atoms with van der Waals surface area (Å²) in [6.07, 6.45) is 16.6. The molecule has 3 rings (SSSR count). The molecule has 0 radical (unpaired) electrons. The zero-order chi connectivity index (χ0) is 20.8. The Balaban J connectivity index is 1.43. The van der Waals surface area contributed by atoms with E-state index in [1.807, 2.05) is 0 Å². The second-order valence-electron chi connectivity index (χ2n) is 10.3. The van der Waals surface area contributed by atoms with Crippen LogP contribution in [0.3, 0.4) is 0 Å². The van der Waals surface area contributed by atoms with Gasteiger partial charge in [0.25, 0.3) is 0 Å². The van der Waals surface area contributed by atoms with Crippen LogP contribution in [0.25, 0.3) is 0 Å². The number of hydrogen-bond donors (Lipinski definition) is 0. The number of rotatable bonds is 8. The first-order valence-electron chi connectivity index (χ1n) is 12.4. The molecule has 164 valence electrons. The van der Waals surface area contributed by atoms with E-state index in [0.717, 1.165) is 29.2 Å². The summed E-state index contributed by atoms with van der Waals surface area (Å²) in [5.41, 5.74) is 0.960. The lowest BCUT2D eigenvalue weighted by molar-refractivity contribution is 0.118. The average Bonchev–Trinajstić information content (AvgIpc) is 2.75. The predicted octanol–water partition coefficient (Wildman–Crippen LogP) is 8.90. The van der Waals surface area contributed by atoms with Crippen LogP contribution in [0.2, 0.25) is 0 Å². The summed E-state index contributed by atoms with van der Waals surface area (Å²) < 4.78 is 26.9. The molecule has 29 heavy (non-hydrogen) atoms. The van der Waals surface area contributed by atoms with E-state index >= 15 is 0 Å². The summed E-state index contributed by atoms with van der Waals surface area (Å²) in [4.78, 5) is 0. The van der Waals surface area contributed by atoms with E-state index in [9.17, 15) is 8.78 Å². The maximum Gasteiger partial charge on any atom is 0.159 e. The van der Waals surface area contributed by atoms with Crippen molar-refractivity contribution in [1.29, 1.82) is 0 Å². The molecule has 1 aromatic rings. The van der Waals surface area contributed by atoms with Crippen molar-refractivity contribution in [3.05, 3.63) is 35.4 Å². The van der Waals surface area contributed by atoms with Gasteiger partial charge in [0.15, 0.2) is 11.6 Å². The van der Waals surface area contributed by atoms with Crippen molar-refractivity contribution in [2.45, 2.75) is 104 Å². The standard InChI is InChI=1S/C27H42F2/c1-4-5-6-7-21-8-10-22(11-9-21)19(2)23-12-14-24(15-13-23)20(3)25-16-17-26(28)27(29)18-25/h16-24H,4-15H2,1-3H3. The van der Waals surface area contributed by atoms with Crippen molar-refractivity contribution in [2.24, 2.45) is 29.6 Å². The summed E-state index contributed by atoms with van der Waals surface area (Å²) >= 11 is 0. The molecule has 0 aromatic heterocycles. The average molecular weight is 405 g/mol. The minimum atomic E-state index is -0.737. The summed E-state index contributed by atoms with van der Waals surface area (Å²) in [5, 5.41) is 0. The van der Waals surface area contributed by atoms with Crippen LogP contribution in [0.4, 0.5) is 8.78 Å². The van der Waals surface area contributed by atoms with Crippen molar-refractivity contribution in [2.75, 3.05) is 0 Å². The van der Waals surface area contributed by atoms with Crippen LogP contribution < -0.4 is 0 Å².